The lowest BCUT2D eigenvalue weighted by Gasteiger charge is -2.12. The van der Waals surface area contributed by atoms with Crippen molar-refractivity contribution in [3.8, 4) is 0 Å². The summed E-state index contributed by atoms with van der Waals surface area (Å²) in [7, 11) is 2.39. The lowest BCUT2D eigenvalue weighted by Crippen LogP contribution is -2.39. The maximum atomic E-state index is 12.1. The average Bonchev–Trinajstić information content (AvgIpc) is 2.60. The molecule has 0 fully saturated rings. The van der Waals surface area contributed by atoms with Crippen LogP contribution in [-0.2, 0) is 20.3 Å². The predicted octanol–water partition coefficient (Wildman–Crippen LogP) is 1.63. The van der Waals surface area contributed by atoms with E-state index in [0.29, 0.717) is 38.1 Å². The summed E-state index contributed by atoms with van der Waals surface area (Å²) in [5.74, 6) is 1.26. The van der Waals surface area contributed by atoms with Crippen LogP contribution >= 0.6 is 24.0 Å². The van der Waals surface area contributed by atoms with Crippen molar-refractivity contribution in [3.63, 3.8) is 0 Å². The van der Waals surface area contributed by atoms with Crippen molar-refractivity contribution in [3.05, 3.63) is 30.3 Å². The van der Waals surface area contributed by atoms with Crippen LogP contribution in [0, 0.1) is 0 Å². The van der Waals surface area contributed by atoms with Gasteiger partial charge < -0.3 is 20.1 Å². The Kier molecular flexibility index (Phi) is 15.3. The van der Waals surface area contributed by atoms with E-state index in [4.69, 9.17) is 9.47 Å². The number of nitrogens with one attached hydrogen (secondary N) is 2. The minimum absolute atomic E-state index is 0. The Morgan fingerprint density at radius 2 is 1.83 bits per heavy atom. The molecule has 2 N–H and O–H groups in total. The number of nitrogens with zero attached hydrogens (tertiary/aromatic N) is 1. The van der Waals surface area contributed by atoms with Crippen molar-refractivity contribution < 1.29 is 13.7 Å². The molecule has 24 heavy (non-hydrogen) atoms. The number of hydrogen-bond acceptors (Lipinski definition) is 4. The van der Waals surface area contributed by atoms with Gasteiger partial charge in [0.15, 0.2) is 5.96 Å². The first-order chi connectivity index (χ1) is 11.3. The maximum Gasteiger partial charge on any atom is 0.191 e. The molecule has 0 aliphatic rings. The third-order valence-electron chi connectivity index (χ3n) is 3.00. The Hall–Kier alpha value is -0.710. The summed E-state index contributed by atoms with van der Waals surface area (Å²) in [5.41, 5.74) is 0. The standard InChI is InChI=1S/C16H27N3O3S.HI/c1-17-16(18-9-6-11-22-13-12-21-2)19-10-14-23(20)15-7-4-3-5-8-15;/h3-5,7-8H,6,9-14H2,1-2H3,(H2,17,18,19);1H. The summed E-state index contributed by atoms with van der Waals surface area (Å²) in [6.45, 7) is 3.30. The van der Waals surface area contributed by atoms with Crippen LogP contribution in [0.3, 0.4) is 0 Å². The largest absolute Gasteiger partial charge is 0.382 e. The van der Waals surface area contributed by atoms with E-state index < -0.39 is 10.8 Å². The minimum atomic E-state index is -0.991. The Bertz CT molecular complexity index is 475. The molecule has 1 atom stereocenters. The SMILES string of the molecule is CN=C(NCCCOCCOC)NCCS(=O)c1ccccc1.I. The third-order valence-corrected chi connectivity index (χ3v) is 4.37. The van der Waals surface area contributed by atoms with E-state index in [1.54, 1.807) is 14.2 Å². The monoisotopic (exact) mass is 469 g/mol. The van der Waals surface area contributed by atoms with Crippen LogP contribution in [0.15, 0.2) is 40.2 Å². The molecule has 0 aromatic heterocycles. The van der Waals surface area contributed by atoms with E-state index in [-0.39, 0.29) is 24.0 Å². The Morgan fingerprint density at radius 1 is 1.12 bits per heavy atom. The van der Waals surface area contributed by atoms with Gasteiger partial charge in [0.25, 0.3) is 0 Å². The highest BCUT2D eigenvalue weighted by atomic mass is 127. The highest BCUT2D eigenvalue weighted by molar-refractivity contribution is 14.0. The van der Waals surface area contributed by atoms with Crippen molar-refractivity contribution in [2.75, 3.05) is 52.8 Å². The van der Waals surface area contributed by atoms with Crippen LogP contribution in [-0.4, -0.2) is 63.0 Å². The van der Waals surface area contributed by atoms with E-state index in [1.807, 2.05) is 30.3 Å². The molecular weight excluding hydrogens is 441 g/mol. The van der Waals surface area contributed by atoms with E-state index in [1.165, 1.54) is 0 Å². The molecule has 0 aliphatic heterocycles. The molecular formula is C16H28IN3O3S. The molecule has 0 spiro atoms. The van der Waals surface area contributed by atoms with Gasteiger partial charge in [-0.05, 0) is 18.6 Å². The normalized spacial score (nSPS) is 12.3. The molecule has 8 heteroatoms. The highest BCUT2D eigenvalue weighted by Crippen LogP contribution is 2.04. The Morgan fingerprint density at radius 3 is 2.50 bits per heavy atom. The molecule has 6 nitrogen and oxygen atoms in total. The summed E-state index contributed by atoms with van der Waals surface area (Å²) in [5, 5.41) is 6.37. The number of guanidine groups is 1. The van der Waals surface area contributed by atoms with Gasteiger partial charge in [-0.25, -0.2) is 0 Å². The molecule has 0 saturated carbocycles. The molecule has 0 radical (unpaired) electrons. The zero-order valence-electron chi connectivity index (χ0n) is 14.3. The van der Waals surface area contributed by atoms with Gasteiger partial charge in [0.2, 0.25) is 0 Å². The number of ether oxygens (including phenoxy) is 2. The number of aliphatic imine (C=N–C) groups is 1. The first kappa shape index (κ1) is 23.3. The summed E-state index contributed by atoms with van der Waals surface area (Å²) in [6.07, 6.45) is 0.889. The summed E-state index contributed by atoms with van der Waals surface area (Å²) in [6, 6.07) is 9.48. The molecule has 1 unspecified atom stereocenters. The maximum absolute atomic E-state index is 12.1. The molecule has 1 aromatic carbocycles. The van der Waals surface area contributed by atoms with Crippen LogP contribution in [0.5, 0.6) is 0 Å². The smallest absolute Gasteiger partial charge is 0.191 e. The van der Waals surface area contributed by atoms with Gasteiger partial charge in [0.1, 0.15) is 0 Å². The number of benzene rings is 1. The quantitative estimate of drug-likeness (QED) is 0.223. The van der Waals surface area contributed by atoms with Crippen molar-refractivity contribution in [1.82, 2.24) is 10.6 Å². The number of methoxy groups -OCH3 is 1. The average molecular weight is 469 g/mol. The number of hydrogen-bond donors (Lipinski definition) is 2. The lowest BCUT2D eigenvalue weighted by atomic mass is 10.4. The van der Waals surface area contributed by atoms with Gasteiger partial charge >= 0.3 is 0 Å². The Balaban J connectivity index is 0.00000529. The van der Waals surface area contributed by atoms with Crippen molar-refractivity contribution in [1.29, 1.82) is 0 Å². The fourth-order valence-electron chi connectivity index (χ4n) is 1.80. The summed E-state index contributed by atoms with van der Waals surface area (Å²) >= 11 is 0. The van der Waals surface area contributed by atoms with Gasteiger partial charge in [-0.3, -0.25) is 9.20 Å². The molecule has 1 aromatic rings. The van der Waals surface area contributed by atoms with E-state index >= 15 is 0 Å². The fourth-order valence-corrected chi connectivity index (χ4v) is 2.78. The first-order valence-electron chi connectivity index (χ1n) is 7.72. The highest BCUT2D eigenvalue weighted by Gasteiger charge is 2.03. The predicted molar refractivity (Wildman–Crippen MR) is 110 cm³/mol. The van der Waals surface area contributed by atoms with E-state index in [2.05, 4.69) is 15.6 Å². The van der Waals surface area contributed by atoms with Crippen LogP contribution in [0.25, 0.3) is 0 Å². The zero-order chi connectivity index (χ0) is 16.8. The minimum Gasteiger partial charge on any atom is -0.382 e. The van der Waals surface area contributed by atoms with Crippen molar-refractivity contribution in [2.24, 2.45) is 4.99 Å². The molecule has 138 valence electrons. The number of halogens is 1. The van der Waals surface area contributed by atoms with Gasteiger partial charge in [0, 0.05) is 44.5 Å². The Labute approximate surface area is 164 Å². The fraction of sp³-hybridized carbons (Fsp3) is 0.562. The third kappa shape index (κ3) is 11.0. The van der Waals surface area contributed by atoms with Crippen LogP contribution in [0.1, 0.15) is 6.42 Å². The van der Waals surface area contributed by atoms with Crippen LogP contribution < -0.4 is 10.6 Å². The van der Waals surface area contributed by atoms with Crippen molar-refractivity contribution >= 4 is 40.7 Å². The lowest BCUT2D eigenvalue weighted by molar-refractivity contribution is 0.0698. The van der Waals surface area contributed by atoms with Crippen LogP contribution in [0.2, 0.25) is 0 Å². The molecule has 0 bridgehead atoms. The number of rotatable bonds is 11. The summed E-state index contributed by atoms with van der Waals surface area (Å²) in [4.78, 5) is 4.99. The molecule has 0 amide bonds. The summed E-state index contributed by atoms with van der Waals surface area (Å²) < 4.78 is 22.4. The van der Waals surface area contributed by atoms with Crippen molar-refractivity contribution in [2.45, 2.75) is 11.3 Å². The zero-order valence-corrected chi connectivity index (χ0v) is 17.5. The second-order valence-corrected chi connectivity index (χ2v) is 6.32. The molecule has 0 aliphatic carbocycles. The second-order valence-electron chi connectivity index (χ2n) is 4.75. The van der Waals surface area contributed by atoms with E-state index in [9.17, 15) is 4.21 Å². The van der Waals surface area contributed by atoms with E-state index in [0.717, 1.165) is 17.9 Å². The van der Waals surface area contributed by atoms with Gasteiger partial charge in [-0.15, -0.1) is 24.0 Å². The molecule has 1 rings (SSSR count). The van der Waals surface area contributed by atoms with Gasteiger partial charge in [-0.2, -0.15) is 0 Å². The molecule has 0 heterocycles. The van der Waals surface area contributed by atoms with Gasteiger partial charge in [0.05, 0.1) is 24.0 Å². The second kappa shape index (κ2) is 15.8. The van der Waals surface area contributed by atoms with Crippen LogP contribution in [0.4, 0.5) is 0 Å². The first-order valence-corrected chi connectivity index (χ1v) is 9.04. The topological polar surface area (TPSA) is 72.0 Å². The van der Waals surface area contributed by atoms with Gasteiger partial charge in [-0.1, -0.05) is 18.2 Å². The molecule has 0 saturated heterocycles.